The van der Waals surface area contributed by atoms with Gasteiger partial charge in [0, 0.05) is 32.4 Å². The molecule has 0 radical (unpaired) electrons. The van der Waals surface area contributed by atoms with E-state index in [1.54, 1.807) is 25.1 Å². The zero-order valence-electron chi connectivity index (χ0n) is 11.3. The third-order valence-electron chi connectivity index (χ3n) is 3.29. The lowest BCUT2D eigenvalue weighted by atomic mass is 10.2. The van der Waals surface area contributed by atoms with Gasteiger partial charge in [-0.2, -0.15) is 5.10 Å². The Kier molecular flexibility index (Phi) is 4.35. The number of hydrogen-bond donors (Lipinski definition) is 0. The van der Waals surface area contributed by atoms with Gasteiger partial charge in [0.1, 0.15) is 0 Å². The van der Waals surface area contributed by atoms with E-state index >= 15 is 0 Å². The van der Waals surface area contributed by atoms with E-state index < -0.39 is 0 Å². The first-order valence-electron chi connectivity index (χ1n) is 6.44. The van der Waals surface area contributed by atoms with Crippen LogP contribution in [0, 0.1) is 11.8 Å². The topological polar surface area (TPSA) is 49.3 Å². The highest BCUT2D eigenvalue weighted by molar-refractivity contribution is 5.93. The highest BCUT2D eigenvalue weighted by Gasteiger charge is 2.27. The summed E-state index contributed by atoms with van der Waals surface area (Å²) in [6.45, 7) is 3.31. The molecule has 1 atom stereocenters. The van der Waals surface area contributed by atoms with Crippen molar-refractivity contribution in [3.8, 4) is 11.8 Å². The van der Waals surface area contributed by atoms with Crippen LogP contribution in [-0.2, 0) is 4.79 Å². The Hall–Kier alpha value is -2.09. The first kappa shape index (κ1) is 13.3. The second kappa shape index (κ2) is 6.19. The molecule has 0 aliphatic carbocycles. The Bertz CT molecular complexity index is 491. The van der Waals surface area contributed by atoms with E-state index in [9.17, 15) is 4.79 Å². The van der Waals surface area contributed by atoms with Gasteiger partial charge in [-0.1, -0.05) is 5.92 Å². The lowest BCUT2D eigenvalue weighted by Crippen LogP contribution is -2.41. The molecule has 19 heavy (non-hydrogen) atoms. The normalized spacial score (nSPS) is 17.8. The Morgan fingerprint density at radius 1 is 1.63 bits per heavy atom. The molecule has 1 saturated heterocycles. The van der Waals surface area contributed by atoms with Crippen molar-refractivity contribution in [1.29, 1.82) is 0 Å². The highest BCUT2D eigenvalue weighted by Crippen LogP contribution is 2.23. The smallest absolute Gasteiger partial charge is 0.298 e. The average Bonchev–Trinajstić information content (AvgIpc) is 2.88. The monoisotopic (exact) mass is 258 g/mol. The Balaban J connectivity index is 2.03. The number of nitrogens with zero attached hydrogens (tertiary/aromatic N) is 4. The number of rotatable bonds is 3. The zero-order valence-corrected chi connectivity index (χ0v) is 11.3. The maximum atomic E-state index is 11.7. The molecule has 5 nitrogen and oxygen atoms in total. The van der Waals surface area contributed by atoms with Gasteiger partial charge in [-0.15, -0.1) is 5.10 Å². The predicted molar refractivity (Wildman–Crippen MR) is 73.5 cm³/mol. The van der Waals surface area contributed by atoms with E-state index in [0.717, 1.165) is 25.2 Å². The minimum Gasteiger partial charge on any atom is -0.350 e. The van der Waals surface area contributed by atoms with Gasteiger partial charge in [-0.25, -0.2) is 0 Å². The second-order valence-electron chi connectivity index (χ2n) is 4.63. The van der Waals surface area contributed by atoms with Gasteiger partial charge in [-0.3, -0.25) is 4.79 Å². The molecule has 1 aromatic rings. The standard InChI is InChI=1S/C14H18N4O/c1-3-6-14(19)17(2)11-12-7-5-10-18(12)13-8-4-9-15-16-13/h4,8-9,12H,5,7,10-11H2,1-2H3. The molecule has 0 N–H and O–H groups in total. The summed E-state index contributed by atoms with van der Waals surface area (Å²) in [5.41, 5.74) is 0. The SMILES string of the molecule is CC#CC(=O)N(C)CC1CCCN1c1cccnn1. The van der Waals surface area contributed by atoms with Crippen LogP contribution in [0.3, 0.4) is 0 Å². The molecule has 1 unspecified atom stereocenters. The van der Waals surface area contributed by atoms with Gasteiger partial charge in [0.25, 0.3) is 5.91 Å². The summed E-state index contributed by atoms with van der Waals surface area (Å²) < 4.78 is 0. The number of aromatic nitrogens is 2. The van der Waals surface area contributed by atoms with Crippen LogP contribution in [0.5, 0.6) is 0 Å². The van der Waals surface area contributed by atoms with E-state index in [1.165, 1.54) is 0 Å². The Morgan fingerprint density at radius 3 is 3.16 bits per heavy atom. The fourth-order valence-electron chi connectivity index (χ4n) is 2.38. The first-order chi connectivity index (χ1) is 9.22. The molecule has 5 heteroatoms. The molecule has 2 heterocycles. The maximum Gasteiger partial charge on any atom is 0.298 e. The van der Waals surface area contributed by atoms with E-state index in [1.807, 2.05) is 12.1 Å². The third-order valence-corrected chi connectivity index (χ3v) is 3.29. The van der Waals surface area contributed by atoms with Gasteiger partial charge in [-0.05, 0) is 37.8 Å². The molecule has 1 aromatic heterocycles. The van der Waals surface area contributed by atoms with E-state index in [2.05, 4.69) is 26.9 Å². The summed E-state index contributed by atoms with van der Waals surface area (Å²) in [5.74, 6) is 5.95. The van der Waals surface area contributed by atoms with Crippen molar-refractivity contribution in [1.82, 2.24) is 15.1 Å². The molecule has 0 bridgehead atoms. The molecule has 0 spiro atoms. The lowest BCUT2D eigenvalue weighted by molar-refractivity contribution is -0.124. The van der Waals surface area contributed by atoms with Crippen LogP contribution < -0.4 is 4.90 Å². The molecule has 0 aromatic carbocycles. The van der Waals surface area contributed by atoms with Crippen LogP contribution >= 0.6 is 0 Å². The number of carbonyl (C=O) groups excluding carboxylic acids is 1. The third kappa shape index (κ3) is 3.22. The van der Waals surface area contributed by atoms with Crippen LogP contribution in [-0.4, -0.2) is 47.2 Å². The van der Waals surface area contributed by atoms with Crippen LogP contribution in [0.25, 0.3) is 0 Å². The van der Waals surface area contributed by atoms with Crippen LogP contribution in [0.4, 0.5) is 5.82 Å². The van der Waals surface area contributed by atoms with Crippen molar-refractivity contribution in [2.75, 3.05) is 25.0 Å². The van der Waals surface area contributed by atoms with E-state index in [4.69, 9.17) is 0 Å². The van der Waals surface area contributed by atoms with Gasteiger partial charge in [0.05, 0.1) is 0 Å². The summed E-state index contributed by atoms with van der Waals surface area (Å²) in [5, 5.41) is 8.06. The van der Waals surface area contributed by atoms with Crippen molar-refractivity contribution >= 4 is 11.7 Å². The second-order valence-corrected chi connectivity index (χ2v) is 4.63. The van der Waals surface area contributed by atoms with Crippen LogP contribution in [0.2, 0.25) is 0 Å². The van der Waals surface area contributed by atoms with Crippen molar-refractivity contribution in [3.05, 3.63) is 18.3 Å². The number of likely N-dealkylation sites (N-methyl/N-ethyl adjacent to an activating group) is 1. The number of anilines is 1. The molecule has 1 fully saturated rings. The molecule has 0 saturated carbocycles. The predicted octanol–water partition coefficient (Wildman–Crippen LogP) is 0.927. The van der Waals surface area contributed by atoms with Crippen molar-refractivity contribution in [3.63, 3.8) is 0 Å². The van der Waals surface area contributed by atoms with Gasteiger partial charge in [0.15, 0.2) is 5.82 Å². The Labute approximate surface area is 113 Å². The number of amides is 1. The lowest BCUT2D eigenvalue weighted by Gasteiger charge is -2.28. The summed E-state index contributed by atoms with van der Waals surface area (Å²) in [7, 11) is 1.79. The van der Waals surface area contributed by atoms with Crippen LogP contribution in [0.1, 0.15) is 19.8 Å². The molecule has 100 valence electrons. The van der Waals surface area contributed by atoms with Crippen molar-refractivity contribution < 1.29 is 4.79 Å². The first-order valence-corrected chi connectivity index (χ1v) is 6.44. The zero-order chi connectivity index (χ0) is 13.7. The maximum absolute atomic E-state index is 11.7. The van der Waals surface area contributed by atoms with Gasteiger partial charge >= 0.3 is 0 Å². The number of carbonyl (C=O) groups is 1. The van der Waals surface area contributed by atoms with E-state index in [-0.39, 0.29) is 5.91 Å². The van der Waals surface area contributed by atoms with Gasteiger partial charge in [0.2, 0.25) is 0 Å². The molecule has 1 aliphatic rings. The highest BCUT2D eigenvalue weighted by atomic mass is 16.2. The summed E-state index contributed by atoms with van der Waals surface area (Å²) in [6, 6.07) is 4.14. The quantitative estimate of drug-likeness (QED) is 0.757. The summed E-state index contributed by atoms with van der Waals surface area (Å²) in [4.78, 5) is 15.6. The number of hydrogen-bond acceptors (Lipinski definition) is 4. The summed E-state index contributed by atoms with van der Waals surface area (Å²) in [6.07, 6.45) is 3.84. The van der Waals surface area contributed by atoms with Crippen molar-refractivity contribution in [2.24, 2.45) is 0 Å². The Morgan fingerprint density at radius 2 is 2.47 bits per heavy atom. The molecule has 1 amide bonds. The molecular formula is C14H18N4O. The average molecular weight is 258 g/mol. The molecular weight excluding hydrogens is 240 g/mol. The molecule has 2 rings (SSSR count). The fourth-order valence-corrected chi connectivity index (χ4v) is 2.38. The fraction of sp³-hybridized carbons (Fsp3) is 0.500. The molecule has 1 aliphatic heterocycles. The van der Waals surface area contributed by atoms with Gasteiger partial charge < -0.3 is 9.80 Å². The largest absolute Gasteiger partial charge is 0.350 e. The minimum absolute atomic E-state index is 0.131. The van der Waals surface area contributed by atoms with E-state index in [0.29, 0.717) is 12.6 Å². The van der Waals surface area contributed by atoms with Crippen molar-refractivity contribution in [2.45, 2.75) is 25.8 Å². The van der Waals surface area contributed by atoms with Crippen LogP contribution in [0.15, 0.2) is 18.3 Å². The minimum atomic E-state index is -0.131. The summed E-state index contributed by atoms with van der Waals surface area (Å²) >= 11 is 0.